The van der Waals surface area contributed by atoms with E-state index in [1.165, 1.54) is 20.5 Å². The van der Waals surface area contributed by atoms with E-state index in [9.17, 15) is 0 Å². The van der Waals surface area contributed by atoms with E-state index < -0.39 is 0 Å². The van der Waals surface area contributed by atoms with Gasteiger partial charge in [-0.1, -0.05) is 53.9 Å². The van der Waals surface area contributed by atoms with Crippen molar-refractivity contribution in [1.29, 1.82) is 0 Å². The Bertz CT molecular complexity index is 2130. The van der Waals surface area contributed by atoms with Gasteiger partial charge in [0.2, 0.25) is 0 Å². The van der Waals surface area contributed by atoms with Crippen molar-refractivity contribution in [3.05, 3.63) is 127 Å². The average molecular weight is 729 g/mol. The first-order chi connectivity index (χ1) is 19.3. The van der Waals surface area contributed by atoms with Crippen LogP contribution in [0.3, 0.4) is 0 Å². The summed E-state index contributed by atoms with van der Waals surface area (Å²) >= 11 is 3.49. The molecule has 6 heteroatoms. The van der Waals surface area contributed by atoms with Gasteiger partial charge >= 0.3 is 21.1 Å². The summed E-state index contributed by atoms with van der Waals surface area (Å²) in [4.78, 5) is 10.8. The molecule has 0 spiro atoms. The number of benzene rings is 4. The molecule has 40 heavy (non-hydrogen) atoms. The first-order valence-electron chi connectivity index (χ1n) is 12.7. The van der Waals surface area contributed by atoms with Crippen LogP contribution in [0.15, 0.2) is 115 Å². The Morgan fingerprint density at radius 2 is 1.60 bits per heavy atom. The summed E-state index contributed by atoms with van der Waals surface area (Å²) in [7, 11) is 0. The van der Waals surface area contributed by atoms with Gasteiger partial charge in [-0.15, -0.1) is 64.9 Å². The van der Waals surface area contributed by atoms with Crippen molar-refractivity contribution in [2.45, 2.75) is 0 Å². The number of thiazole rings is 1. The topological polar surface area (TPSA) is 30.7 Å². The Morgan fingerprint density at radius 3 is 2.48 bits per heavy atom. The summed E-state index contributed by atoms with van der Waals surface area (Å²) in [6, 6.07) is 43.1. The molecule has 4 aromatic carbocycles. The Morgan fingerprint density at radius 1 is 0.700 bits per heavy atom. The van der Waals surface area contributed by atoms with Crippen LogP contribution < -0.4 is 0 Å². The summed E-state index contributed by atoms with van der Waals surface area (Å²) in [5, 5.41) is 5.44. The van der Waals surface area contributed by atoms with Gasteiger partial charge < -0.3 is 9.55 Å². The summed E-state index contributed by atoms with van der Waals surface area (Å²) in [6.45, 7) is 0. The smallest absolute Gasteiger partial charge is 0.346 e. The normalized spacial score (nSPS) is 11.3. The van der Waals surface area contributed by atoms with Crippen molar-refractivity contribution < 1.29 is 21.1 Å². The van der Waals surface area contributed by atoms with E-state index in [4.69, 9.17) is 4.98 Å². The molecule has 192 valence electrons. The Labute approximate surface area is 253 Å². The van der Waals surface area contributed by atoms with Gasteiger partial charge in [0.05, 0.1) is 10.2 Å². The van der Waals surface area contributed by atoms with Crippen molar-refractivity contribution in [2.24, 2.45) is 0 Å². The minimum Gasteiger partial charge on any atom is -0.346 e. The second-order valence-electron chi connectivity index (χ2n) is 9.30. The van der Waals surface area contributed by atoms with Gasteiger partial charge in [0.15, 0.2) is 0 Å². The molecule has 0 aliphatic heterocycles. The van der Waals surface area contributed by atoms with Crippen LogP contribution in [0.2, 0.25) is 0 Å². The number of fused-ring (bicyclic) bond motifs is 4. The third-order valence-corrected chi connectivity index (χ3v) is 9.02. The summed E-state index contributed by atoms with van der Waals surface area (Å²) in [5.41, 5.74) is 8.21. The van der Waals surface area contributed by atoms with Gasteiger partial charge in [-0.3, -0.25) is 4.98 Å². The molecule has 0 N–H and O–H groups in total. The summed E-state index contributed by atoms with van der Waals surface area (Å²) < 4.78 is 3.46. The summed E-state index contributed by atoms with van der Waals surface area (Å²) in [5.74, 6) is 0. The van der Waals surface area contributed by atoms with Gasteiger partial charge in [0.25, 0.3) is 0 Å². The average Bonchev–Trinajstić information content (AvgIpc) is 3.75. The van der Waals surface area contributed by atoms with E-state index in [1.54, 1.807) is 22.7 Å². The molecule has 0 saturated heterocycles. The molecule has 8 rings (SSSR count). The minimum atomic E-state index is 0. The zero-order chi connectivity index (χ0) is 25.8. The number of hydrogen-bond donors (Lipinski definition) is 0. The predicted molar refractivity (Wildman–Crippen MR) is 164 cm³/mol. The molecule has 0 aliphatic carbocycles. The molecule has 0 atom stereocenters. The van der Waals surface area contributed by atoms with Crippen molar-refractivity contribution in [3.8, 4) is 38.0 Å². The number of thiophene rings is 1. The number of hydrogen-bond acceptors (Lipinski definition) is 4. The molecular weight excluding hydrogens is 710 g/mol. The fraction of sp³-hybridized carbons (Fsp3) is 0. The van der Waals surface area contributed by atoms with Crippen molar-refractivity contribution in [1.82, 2.24) is 14.5 Å². The van der Waals surface area contributed by atoms with E-state index in [0.717, 1.165) is 49.5 Å². The van der Waals surface area contributed by atoms with Crippen LogP contribution in [-0.4, -0.2) is 14.5 Å². The molecule has 0 amide bonds. The van der Waals surface area contributed by atoms with E-state index in [0.29, 0.717) is 0 Å². The van der Waals surface area contributed by atoms with Crippen LogP contribution in [0.1, 0.15) is 0 Å². The second-order valence-corrected chi connectivity index (χ2v) is 11.2. The van der Waals surface area contributed by atoms with Crippen LogP contribution in [0.5, 0.6) is 0 Å². The van der Waals surface area contributed by atoms with Gasteiger partial charge in [-0.2, -0.15) is 11.3 Å². The van der Waals surface area contributed by atoms with E-state index >= 15 is 0 Å². The quantitative estimate of drug-likeness (QED) is 0.169. The fourth-order valence-corrected chi connectivity index (χ4v) is 7.11. The first-order valence-corrected chi connectivity index (χ1v) is 14.4. The maximum absolute atomic E-state index is 5.04. The molecule has 4 heterocycles. The van der Waals surface area contributed by atoms with Crippen molar-refractivity contribution in [3.63, 3.8) is 0 Å². The maximum Gasteiger partial charge on any atom is 2.00 e. The molecule has 0 aliphatic rings. The SMILES string of the molecule is [Pt+2].[c-]1c(-c2ccccn2)cccc1-n1c2[c-]c(-c3nc4cccc(-c5cccs5)c4s3)ccc2c2ccccc21. The maximum atomic E-state index is 5.04. The molecule has 3 nitrogen and oxygen atoms in total. The summed E-state index contributed by atoms with van der Waals surface area (Å²) in [6.07, 6.45) is 1.82. The molecule has 4 aromatic heterocycles. The van der Waals surface area contributed by atoms with Crippen LogP contribution in [-0.2, 0) is 21.1 Å². The molecule has 0 fully saturated rings. The van der Waals surface area contributed by atoms with Gasteiger partial charge in [0, 0.05) is 27.2 Å². The number of nitrogens with zero attached hydrogens (tertiary/aromatic N) is 3. The minimum absolute atomic E-state index is 0. The zero-order valence-corrected chi connectivity index (χ0v) is 24.8. The number of para-hydroxylation sites is 1. The van der Waals surface area contributed by atoms with E-state index in [1.807, 2.05) is 24.4 Å². The molecule has 0 saturated carbocycles. The second kappa shape index (κ2) is 10.3. The van der Waals surface area contributed by atoms with Gasteiger partial charge in [0.1, 0.15) is 0 Å². The van der Waals surface area contributed by atoms with Crippen molar-refractivity contribution in [2.75, 3.05) is 0 Å². The van der Waals surface area contributed by atoms with Crippen LogP contribution >= 0.6 is 22.7 Å². The number of pyridine rings is 1. The Hall–Kier alpha value is -3.89. The zero-order valence-electron chi connectivity index (χ0n) is 20.9. The Kier molecular flexibility index (Phi) is 6.44. The molecule has 8 aromatic rings. The van der Waals surface area contributed by atoms with E-state index in [2.05, 4.69) is 112 Å². The number of aromatic nitrogens is 3. The molecule has 0 radical (unpaired) electrons. The predicted octanol–water partition coefficient (Wildman–Crippen LogP) is 9.45. The first kappa shape index (κ1) is 25.1. The standard InChI is InChI=1S/C34H19N3S2.Pt/c1-2-14-30-25(10-1)26-17-16-23(34-36-29-13-6-11-27(33(29)39-34)32-15-7-19-38-32)21-31(26)37(30)24-9-5-8-22(20-24)28-12-3-4-18-35-28;/h1-19H;/q-2;+2. The van der Waals surface area contributed by atoms with Crippen LogP contribution in [0.25, 0.3) is 70.0 Å². The van der Waals surface area contributed by atoms with Gasteiger partial charge in [-0.05, 0) is 51.9 Å². The molecule has 0 unspecified atom stereocenters. The third-order valence-electron chi connectivity index (χ3n) is 6.98. The van der Waals surface area contributed by atoms with E-state index in [-0.39, 0.29) is 21.1 Å². The molecular formula is C34H19N3PtS2. The van der Waals surface area contributed by atoms with Crippen LogP contribution in [0.4, 0.5) is 0 Å². The number of rotatable bonds is 4. The van der Waals surface area contributed by atoms with Gasteiger partial charge in [-0.25, -0.2) is 0 Å². The fourth-order valence-electron chi connectivity index (χ4n) is 5.22. The monoisotopic (exact) mass is 728 g/mol. The van der Waals surface area contributed by atoms with Crippen LogP contribution in [0, 0.1) is 12.1 Å². The largest absolute Gasteiger partial charge is 2.00 e. The molecule has 0 bridgehead atoms. The Balaban J connectivity index is 0.00000264. The third kappa shape index (κ3) is 4.13. The van der Waals surface area contributed by atoms with Crippen molar-refractivity contribution >= 4 is 54.7 Å².